The van der Waals surface area contributed by atoms with Gasteiger partial charge in [-0.15, -0.1) is 0 Å². The van der Waals surface area contributed by atoms with Gasteiger partial charge >= 0.3 is 0 Å². The molecule has 0 amide bonds. The second kappa shape index (κ2) is 5.16. The van der Waals surface area contributed by atoms with Crippen LogP contribution < -0.4 is 10.2 Å². The van der Waals surface area contributed by atoms with E-state index in [1.165, 1.54) is 0 Å². The summed E-state index contributed by atoms with van der Waals surface area (Å²) < 4.78 is 0. The third kappa shape index (κ3) is 2.44. The van der Waals surface area contributed by atoms with E-state index >= 15 is 0 Å². The molecule has 1 aromatic rings. The number of hydrogen-bond acceptors (Lipinski definition) is 4. The molecule has 1 aliphatic heterocycles. The van der Waals surface area contributed by atoms with Crippen molar-refractivity contribution >= 4 is 11.6 Å². The predicted octanol–water partition coefficient (Wildman–Crippen LogP) is 1.33. The van der Waals surface area contributed by atoms with Gasteiger partial charge in [0, 0.05) is 26.7 Å². The Morgan fingerprint density at radius 2 is 2.44 bits per heavy atom. The van der Waals surface area contributed by atoms with Gasteiger partial charge in [-0.25, -0.2) is 4.98 Å². The van der Waals surface area contributed by atoms with Crippen molar-refractivity contribution in [3.8, 4) is 0 Å². The van der Waals surface area contributed by atoms with Crippen molar-refractivity contribution in [1.29, 1.82) is 0 Å². The number of aliphatic hydroxyl groups excluding tert-OH is 1. The highest BCUT2D eigenvalue weighted by molar-refractivity contribution is 5.47. The van der Waals surface area contributed by atoms with Crippen molar-refractivity contribution in [2.75, 3.05) is 37.0 Å². The number of aliphatic hydroxyl groups is 1. The minimum atomic E-state index is 0.280. The lowest BCUT2D eigenvalue weighted by atomic mass is 9.99. The first-order valence-electron chi connectivity index (χ1n) is 5.84. The zero-order chi connectivity index (χ0) is 11.4. The smallest absolute Gasteiger partial charge is 0.130 e. The number of nitrogens with zero attached hydrogens (tertiary/aromatic N) is 2. The van der Waals surface area contributed by atoms with E-state index in [-0.39, 0.29) is 6.61 Å². The first kappa shape index (κ1) is 11.2. The van der Waals surface area contributed by atoms with E-state index in [4.69, 9.17) is 0 Å². The first-order chi connectivity index (χ1) is 7.83. The molecule has 0 radical (unpaired) electrons. The molecule has 2 N–H and O–H groups in total. The monoisotopic (exact) mass is 221 g/mol. The van der Waals surface area contributed by atoms with E-state index in [2.05, 4.69) is 15.2 Å². The van der Waals surface area contributed by atoms with E-state index in [0.29, 0.717) is 5.92 Å². The van der Waals surface area contributed by atoms with Crippen molar-refractivity contribution in [3.05, 3.63) is 18.2 Å². The number of piperidine rings is 1. The Labute approximate surface area is 96.3 Å². The highest BCUT2D eigenvalue weighted by Crippen LogP contribution is 2.22. The molecular weight excluding hydrogens is 202 g/mol. The fraction of sp³-hybridized carbons (Fsp3) is 0.583. The standard InChI is InChI=1S/C12H19N3O/c1-13-11-5-2-6-12(14-11)15-7-3-4-10(8-15)9-16/h2,5-6,10,16H,3-4,7-9H2,1H3,(H,13,14). The van der Waals surface area contributed by atoms with Crippen molar-refractivity contribution in [2.24, 2.45) is 5.92 Å². The Hall–Kier alpha value is -1.29. The topological polar surface area (TPSA) is 48.4 Å². The van der Waals surface area contributed by atoms with E-state index in [1.807, 2.05) is 25.2 Å². The summed E-state index contributed by atoms with van der Waals surface area (Å²) in [7, 11) is 1.87. The summed E-state index contributed by atoms with van der Waals surface area (Å²) in [5, 5.41) is 12.2. The van der Waals surface area contributed by atoms with Gasteiger partial charge in [-0.1, -0.05) is 6.07 Å². The summed E-state index contributed by atoms with van der Waals surface area (Å²) in [6.45, 7) is 2.23. The molecule has 1 saturated heterocycles. The molecule has 0 aromatic carbocycles. The van der Waals surface area contributed by atoms with Gasteiger partial charge in [-0.3, -0.25) is 0 Å². The second-order valence-corrected chi connectivity index (χ2v) is 4.27. The van der Waals surface area contributed by atoms with Gasteiger partial charge in [-0.05, 0) is 30.9 Å². The van der Waals surface area contributed by atoms with Crippen LogP contribution in [0.3, 0.4) is 0 Å². The molecule has 88 valence electrons. The zero-order valence-corrected chi connectivity index (χ0v) is 9.69. The Bertz CT molecular complexity index is 343. The molecule has 0 bridgehead atoms. The van der Waals surface area contributed by atoms with Crippen LogP contribution in [0.15, 0.2) is 18.2 Å². The number of anilines is 2. The minimum Gasteiger partial charge on any atom is -0.396 e. The normalized spacial score (nSPS) is 20.9. The van der Waals surface area contributed by atoms with Crippen LogP contribution in [0.2, 0.25) is 0 Å². The molecule has 2 rings (SSSR count). The van der Waals surface area contributed by atoms with Crippen LogP contribution in [0.4, 0.5) is 11.6 Å². The number of pyridine rings is 1. The summed E-state index contributed by atoms with van der Waals surface area (Å²) in [4.78, 5) is 6.77. The molecule has 4 nitrogen and oxygen atoms in total. The lowest BCUT2D eigenvalue weighted by molar-refractivity contribution is 0.208. The number of nitrogens with one attached hydrogen (secondary N) is 1. The minimum absolute atomic E-state index is 0.280. The maximum atomic E-state index is 9.20. The number of hydrogen-bond donors (Lipinski definition) is 2. The van der Waals surface area contributed by atoms with Crippen molar-refractivity contribution in [3.63, 3.8) is 0 Å². The maximum absolute atomic E-state index is 9.20. The van der Waals surface area contributed by atoms with Crippen molar-refractivity contribution in [2.45, 2.75) is 12.8 Å². The number of rotatable bonds is 3. The molecule has 1 fully saturated rings. The van der Waals surface area contributed by atoms with Crippen molar-refractivity contribution < 1.29 is 5.11 Å². The average molecular weight is 221 g/mol. The summed E-state index contributed by atoms with van der Waals surface area (Å²) >= 11 is 0. The molecule has 0 aliphatic carbocycles. The second-order valence-electron chi connectivity index (χ2n) is 4.27. The van der Waals surface area contributed by atoms with E-state index in [0.717, 1.165) is 37.6 Å². The van der Waals surface area contributed by atoms with Gasteiger partial charge in [0.05, 0.1) is 0 Å². The van der Waals surface area contributed by atoms with Gasteiger partial charge in [0.15, 0.2) is 0 Å². The van der Waals surface area contributed by atoms with E-state index in [9.17, 15) is 5.11 Å². The Morgan fingerprint density at radius 1 is 1.56 bits per heavy atom. The van der Waals surface area contributed by atoms with Gasteiger partial charge in [0.2, 0.25) is 0 Å². The molecule has 1 aliphatic rings. The van der Waals surface area contributed by atoms with Crippen LogP contribution in [0.5, 0.6) is 0 Å². The lowest BCUT2D eigenvalue weighted by Crippen LogP contribution is -2.37. The molecule has 0 saturated carbocycles. The van der Waals surface area contributed by atoms with Crippen LogP contribution in [0.1, 0.15) is 12.8 Å². The fourth-order valence-electron chi connectivity index (χ4n) is 2.16. The average Bonchev–Trinajstić information content (AvgIpc) is 2.39. The van der Waals surface area contributed by atoms with Crippen molar-refractivity contribution in [1.82, 2.24) is 4.98 Å². The van der Waals surface area contributed by atoms with Crippen LogP contribution in [-0.2, 0) is 0 Å². The van der Waals surface area contributed by atoms with Crippen LogP contribution in [0, 0.1) is 5.92 Å². The molecule has 16 heavy (non-hydrogen) atoms. The van der Waals surface area contributed by atoms with E-state index in [1.54, 1.807) is 0 Å². The molecule has 2 heterocycles. The summed E-state index contributed by atoms with van der Waals surface area (Å²) in [6, 6.07) is 5.99. The van der Waals surface area contributed by atoms with Crippen LogP contribution >= 0.6 is 0 Å². The van der Waals surface area contributed by atoms with Gasteiger partial charge in [-0.2, -0.15) is 0 Å². The largest absolute Gasteiger partial charge is 0.396 e. The Kier molecular flexibility index (Phi) is 3.62. The summed E-state index contributed by atoms with van der Waals surface area (Å²) in [5.74, 6) is 2.29. The highest BCUT2D eigenvalue weighted by atomic mass is 16.3. The third-order valence-electron chi connectivity index (χ3n) is 3.09. The molecule has 0 spiro atoms. The van der Waals surface area contributed by atoms with Crippen LogP contribution in [0.25, 0.3) is 0 Å². The van der Waals surface area contributed by atoms with Gasteiger partial charge in [0.25, 0.3) is 0 Å². The zero-order valence-electron chi connectivity index (χ0n) is 9.69. The molecule has 4 heteroatoms. The fourth-order valence-corrected chi connectivity index (χ4v) is 2.16. The highest BCUT2D eigenvalue weighted by Gasteiger charge is 2.20. The maximum Gasteiger partial charge on any atom is 0.130 e. The van der Waals surface area contributed by atoms with Gasteiger partial charge in [0.1, 0.15) is 11.6 Å². The molecular formula is C12H19N3O. The predicted molar refractivity (Wildman–Crippen MR) is 65.8 cm³/mol. The quantitative estimate of drug-likeness (QED) is 0.808. The lowest BCUT2D eigenvalue weighted by Gasteiger charge is -2.32. The third-order valence-corrected chi connectivity index (χ3v) is 3.09. The SMILES string of the molecule is CNc1cccc(N2CCCC(CO)C2)n1. The summed E-state index contributed by atoms with van der Waals surface area (Å²) in [5.41, 5.74) is 0. The van der Waals surface area contributed by atoms with E-state index < -0.39 is 0 Å². The number of aromatic nitrogens is 1. The first-order valence-corrected chi connectivity index (χ1v) is 5.84. The Balaban J connectivity index is 2.10. The molecule has 1 unspecified atom stereocenters. The Morgan fingerprint density at radius 3 is 3.19 bits per heavy atom. The van der Waals surface area contributed by atoms with Crippen LogP contribution in [-0.4, -0.2) is 36.8 Å². The molecule has 1 atom stereocenters. The van der Waals surface area contributed by atoms with Gasteiger partial charge < -0.3 is 15.3 Å². The molecule has 1 aromatic heterocycles. The summed E-state index contributed by atoms with van der Waals surface area (Å²) in [6.07, 6.45) is 2.26.